The number of unbranched alkanes of at least 4 members (excludes halogenated alkanes) is 10. The fraction of sp³-hybridized carbons (Fsp3) is 0.867. The van der Waals surface area contributed by atoms with Crippen molar-refractivity contribution in [3.05, 3.63) is 0 Å². The fourth-order valence-electron chi connectivity index (χ4n) is 1.98. The summed E-state index contributed by atoms with van der Waals surface area (Å²) in [7, 11) is 0. The van der Waals surface area contributed by atoms with E-state index in [0.29, 0.717) is 0 Å². The summed E-state index contributed by atoms with van der Waals surface area (Å²) in [4.78, 5) is 0. The molecule has 0 fully saturated rings. The zero-order valence-corrected chi connectivity index (χ0v) is 14.9. The lowest BCUT2D eigenvalue weighted by atomic mass is 10.1. The van der Waals surface area contributed by atoms with Crippen LogP contribution < -0.4 is 11.1 Å². The molecule has 0 unspecified atom stereocenters. The molecule has 0 amide bonds. The van der Waals surface area contributed by atoms with Crippen LogP contribution in [0.25, 0.3) is 0 Å². The predicted molar refractivity (Wildman–Crippen MR) is 99.1 cm³/mol. The van der Waals surface area contributed by atoms with Crippen LogP contribution in [0.2, 0.25) is 0 Å². The first-order chi connectivity index (χ1) is 10.0. The van der Waals surface area contributed by atoms with Gasteiger partial charge in [0.25, 0.3) is 10.3 Å². The number of rotatable bonds is 12. The van der Waals surface area contributed by atoms with Crippen molar-refractivity contribution in [1.29, 1.82) is 0 Å². The molecule has 21 heavy (non-hydrogen) atoms. The van der Waals surface area contributed by atoms with Gasteiger partial charge >= 0.3 is 0 Å². The van der Waals surface area contributed by atoms with Crippen LogP contribution in [0.15, 0.2) is 0 Å². The van der Waals surface area contributed by atoms with E-state index in [0.717, 1.165) is 13.0 Å². The zero-order valence-electron chi connectivity index (χ0n) is 13.3. The standard InChI is InChI=1S/C14H29NOS.CH3NOS/c1-2-3-4-5-6-7-8-9-10-11-12-13-15-14(16)17;2-1(3)4/h2-13H2,1H3,(H2,15,16,17);(H3,2,3,4). The van der Waals surface area contributed by atoms with Crippen molar-refractivity contribution in [2.24, 2.45) is 5.73 Å². The number of nitrogens with one attached hydrogen (secondary N) is 1. The molecule has 126 valence electrons. The maximum atomic E-state index is 8.73. The van der Waals surface area contributed by atoms with Gasteiger partial charge in [0.05, 0.1) is 0 Å². The van der Waals surface area contributed by atoms with E-state index in [-0.39, 0.29) is 5.17 Å². The number of aliphatic hydroxyl groups is 2. The lowest BCUT2D eigenvalue weighted by Crippen LogP contribution is -2.21. The molecule has 0 heterocycles. The first kappa shape index (κ1) is 22.7. The molecule has 0 radical (unpaired) electrons. The summed E-state index contributed by atoms with van der Waals surface area (Å²) in [6.07, 6.45) is 14.8. The lowest BCUT2D eigenvalue weighted by molar-refractivity contribution is 0.517. The number of hydrogen-bond acceptors (Lipinski definition) is 2. The largest absolute Gasteiger partial charge is 0.487 e. The van der Waals surface area contributed by atoms with Crippen LogP contribution in [0.5, 0.6) is 0 Å². The Morgan fingerprint density at radius 2 is 1.14 bits per heavy atom. The molecule has 5 N–H and O–H groups in total. The summed E-state index contributed by atoms with van der Waals surface area (Å²) >= 11 is 8.39. The van der Waals surface area contributed by atoms with E-state index in [9.17, 15) is 0 Å². The minimum atomic E-state index is -0.500. The highest BCUT2D eigenvalue weighted by molar-refractivity contribution is 7.80. The van der Waals surface area contributed by atoms with Crippen molar-refractivity contribution >= 4 is 34.8 Å². The summed E-state index contributed by atoms with van der Waals surface area (Å²) in [5.74, 6) is 0. The number of nitrogens with two attached hydrogens (primary N) is 1. The average Bonchev–Trinajstić information content (AvgIpc) is 2.39. The third kappa shape index (κ3) is 32.7. The van der Waals surface area contributed by atoms with Crippen LogP contribution >= 0.6 is 24.4 Å². The van der Waals surface area contributed by atoms with E-state index in [2.05, 4.69) is 42.4 Å². The van der Waals surface area contributed by atoms with E-state index in [1.54, 1.807) is 0 Å². The molecule has 6 heteroatoms. The van der Waals surface area contributed by atoms with Gasteiger partial charge in [-0.1, -0.05) is 71.1 Å². The Labute approximate surface area is 140 Å². The molecule has 0 rings (SSSR count). The molecular formula is C15H32N2O2S2. The maximum absolute atomic E-state index is 8.73. The van der Waals surface area contributed by atoms with Gasteiger partial charge in [-0.3, -0.25) is 0 Å². The maximum Gasteiger partial charge on any atom is 0.254 e. The van der Waals surface area contributed by atoms with E-state index >= 15 is 0 Å². The van der Waals surface area contributed by atoms with Gasteiger partial charge in [0, 0.05) is 6.54 Å². The Balaban J connectivity index is 0. The van der Waals surface area contributed by atoms with E-state index in [4.69, 9.17) is 10.2 Å². The molecule has 0 saturated heterocycles. The molecule has 0 aliphatic rings. The fourth-order valence-corrected chi connectivity index (χ4v) is 2.09. The molecule has 0 atom stereocenters. The van der Waals surface area contributed by atoms with E-state index < -0.39 is 5.17 Å². The van der Waals surface area contributed by atoms with E-state index in [1.165, 1.54) is 64.2 Å². The summed E-state index contributed by atoms with van der Waals surface area (Å²) in [6, 6.07) is 0. The Morgan fingerprint density at radius 3 is 1.48 bits per heavy atom. The zero-order chi connectivity index (χ0) is 16.3. The van der Waals surface area contributed by atoms with Crippen molar-refractivity contribution in [2.45, 2.75) is 77.6 Å². The first-order valence-corrected chi connectivity index (χ1v) is 8.77. The Morgan fingerprint density at radius 1 is 0.810 bits per heavy atom. The van der Waals surface area contributed by atoms with Gasteiger partial charge in [0.15, 0.2) is 0 Å². The van der Waals surface area contributed by atoms with Gasteiger partial charge in [0.2, 0.25) is 0 Å². The second kappa shape index (κ2) is 19.4. The van der Waals surface area contributed by atoms with Gasteiger partial charge in [0.1, 0.15) is 0 Å². The Bertz CT molecular complexity index is 248. The number of aliphatic hydroxyl groups excluding tert-OH is 2. The second-order valence-electron chi connectivity index (χ2n) is 5.11. The van der Waals surface area contributed by atoms with Crippen LogP contribution in [-0.2, 0) is 0 Å². The average molecular weight is 337 g/mol. The molecule has 4 nitrogen and oxygen atoms in total. The van der Waals surface area contributed by atoms with Crippen molar-refractivity contribution in [3.8, 4) is 0 Å². The van der Waals surface area contributed by atoms with Crippen molar-refractivity contribution in [3.63, 3.8) is 0 Å². The molecule has 0 aliphatic carbocycles. The van der Waals surface area contributed by atoms with Crippen LogP contribution in [0, 0.1) is 0 Å². The monoisotopic (exact) mass is 336 g/mol. The SMILES string of the molecule is CCCCCCCCCCCCCNC(O)=S.NC(O)=S. The van der Waals surface area contributed by atoms with Crippen LogP contribution in [0.4, 0.5) is 0 Å². The van der Waals surface area contributed by atoms with E-state index in [1.807, 2.05) is 0 Å². The smallest absolute Gasteiger partial charge is 0.254 e. The predicted octanol–water partition coefficient (Wildman–Crippen LogP) is 4.52. The Hall–Kier alpha value is -0.620. The van der Waals surface area contributed by atoms with Gasteiger partial charge in [-0.2, -0.15) is 0 Å². The van der Waals surface area contributed by atoms with Gasteiger partial charge in [-0.15, -0.1) is 0 Å². The normalized spacial score (nSPS) is 9.57. The highest BCUT2D eigenvalue weighted by Gasteiger charge is 1.93. The topological polar surface area (TPSA) is 78.5 Å². The van der Waals surface area contributed by atoms with Crippen molar-refractivity contribution in [2.75, 3.05) is 6.54 Å². The van der Waals surface area contributed by atoms with Crippen molar-refractivity contribution in [1.82, 2.24) is 5.32 Å². The molecule has 0 bridgehead atoms. The molecule has 0 saturated carbocycles. The van der Waals surface area contributed by atoms with Gasteiger partial charge in [-0.25, -0.2) is 0 Å². The summed E-state index contributed by atoms with van der Waals surface area (Å²) in [6.45, 7) is 3.07. The van der Waals surface area contributed by atoms with Gasteiger partial charge in [-0.05, 0) is 30.9 Å². The molecule has 0 aliphatic heterocycles. The first-order valence-electron chi connectivity index (χ1n) is 7.95. The number of thiocarbonyl (C=S) groups is 2. The third-order valence-corrected chi connectivity index (χ3v) is 3.20. The van der Waals surface area contributed by atoms with Gasteiger partial charge < -0.3 is 21.3 Å². The van der Waals surface area contributed by atoms with Crippen LogP contribution in [0.1, 0.15) is 77.6 Å². The minimum Gasteiger partial charge on any atom is -0.487 e. The molecule has 0 aromatic carbocycles. The summed E-state index contributed by atoms with van der Waals surface area (Å²) < 4.78 is 0. The van der Waals surface area contributed by atoms with Crippen LogP contribution in [-0.4, -0.2) is 27.1 Å². The highest BCUT2D eigenvalue weighted by atomic mass is 32.1. The lowest BCUT2D eigenvalue weighted by Gasteiger charge is -2.03. The summed E-state index contributed by atoms with van der Waals surface area (Å²) in [5.41, 5.74) is 4.40. The summed E-state index contributed by atoms with van der Waals surface area (Å²) in [5, 5.41) is 18.5. The van der Waals surface area contributed by atoms with Crippen LogP contribution in [0.3, 0.4) is 0 Å². The van der Waals surface area contributed by atoms with Crippen molar-refractivity contribution < 1.29 is 10.2 Å². The third-order valence-electron chi connectivity index (χ3n) is 3.06. The molecule has 0 aromatic heterocycles. The molecular weight excluding hydrogens is 304 g/mol. The Kier molecular flexibility index (Phi) is 20.9. The number of hydrogen-bond donors (Lipinski definition) is 4. The highest BCUT2D eigenvalue weighted by Crippen LogP contribution is 2.10. The quantitative estimate of drug-likeness (QED) is 0.310. The molecule has 0 spiro atoms. The minimum absolute atomic E-state index is 0.0721. The second-order valence-corrected chi connectivity index (χ2v) is 5.91. The molecule has 0 aromatic rings.